The fourth-order valence-electron chi connectivity index (χ4n) is 3.74. The monoisotopic (exact) mass is 611 g/mol. The lowest BCUT2D eigenvalue weighted by atomic mass is 10.1. The number of primary amides is 1. The van der Waals surface area contributed by atoms with Crippen LogP contribution in [0.15, 0.2) is 47.0 Å². The zero-order valence-corrected chi connectivity index (χ0v) is 27.0. The van der Waals surface area contributed by atoms with Crippen LogP contribution in [-0.2, 0) is 15.8 Å². The van der Waals surface area contributed by atoms with Crippen LogP contribution in [0.1, 0.15) is 69.4 Å². The molecule has 14 heteroatoms. The lowest BCUT2D eigenvalue weighted by Crippen LogP contribution is -2.25. The van der Waals surface area contributed by atoms with Crippen LogP contribution < -0.4 is 5.73 Å². The van der Waals surface area contributed by atoms with Crippen molar-refractivity contribution in [1.82, 2.24) is 39.5 Å². The minimum atomic E-state index is -0.548. The largest absolute Gasteiger partial charge is 0.461 e. The first-order valence-corrected chi connectivity index (χ1v) is 15.6. The highest BCUT2D eigenvalue weighted by atomic mass is 32.2. The van der Waals surface area contributed by atoms with Gasteiger partial charge < -0.3 is 10.5 Å². The Hall–Kier alpha value is -3.78. The topological polar surface area (TPSA) is 157 Å². The second kappa shape index (κ2) is 13.5. The van der Waals surface area contributed by atoms with Gasteiger partial charge in [0, 0.05) is 18.5 Å². The fraction of sp³-hybridized carbons (Fsp3) is 0.429. The number of carbonyl (C=O) groups is 2. The summed E-state index contributed by atoms with van der Waals surface area (Å²) < 4.78 is 8.60. The van der Waals surface area contributed by atoms with Gasteiger partial charge in [-0.2, -0.15) is 10.2 Å². The third kappa shape index (κ3) is 7.94. The standard InChI is InChI=1S/C15H20N4O2S.C13H17N5OS/c1-6-21-13(20)11-9-12(19(18-11)15(2,3)4)10-7-8-16-14(17-10)22-5;1-13(2,3)18-10(7-9(17-18)11(14)19)8-5-6-15-12(16-8)20-4/h7-9H,6H2,1-5H3;5-7H,1-4H3,(H2,14,19). The summed E-state index contributed by atoms with van der Waals surface area (Å²) in [5, 5.41) is 10.0. The Kier molecular flexibility index (Phi) is 10.5. The van der Waals surface area contributed by atoms with Crippen LogP contribution in [0, 0.1) is 0 Å². The zero-order chi connectivity index (χ0) is 31.2. The first-order chi connectivity index (χ1) is 19.7. The van der Waals surface area contributed by atoms with E-state index in [0.717, 1.165) is 22.8 Å². The molecule has 0 saturated heterocycles. The molecular formula is C28H37N9O3S2. The summed E-state index contributed by atoms with van der Waals surface area (Å²) in [6.07, 6.45) is 7.23. The minimum Gasteiger partial charge on any atom is -0.461 e. The van der Waals surface area contributed by atoms with Crippen molar-refractivity contribution in [2.45, 2.75) is 69.9 Å². The number of amides is 1. The van der Waals surface area contributed by atoms with Gasteiger partial charge in [-0.25, -0.2) is 24.7 Å². The first kappa shape index (κ1) is 32.7. The van der Waals surface area contributed by atoms with Crippen LogP contribution in [0.3, 0.4) is 0 Å². The third-order valence-corrected chi connectivity index (χ3v) is 6.71. The van der Waals surface area contributed by atoms with Gasteiger partial charge in [0.2, 0.25) is 0 Å². The van der Waals surface area contributed by atoms with E-state index in [1.54, 1.807) is 46.9 Å². The van der Waals surface area contributed by atoms with Crippen molar-refractivity contribution in [2.24, 2.45) is 5.73 Å². The maximum atomic E-state index is 12.0. The molecule has 0 unspecified atom stereocenters. The number of aromatic nitrogens is 8. The average molecular weight is 612 g/mol. The third-order valence-electron chi connectivity index (χ3n) is 5.58. The highest BCUT2D eigenvalue weighted by Gasteiger charge is 2.25. The van der Waals surface area contributed by atoms with Crippen LogP contribution in [0.4, 0.5) is 0 Å². The normalized spacial score (nSPS) is 11.5. The maximum absolute atomic E-state index is 12.0. The molecule has 1 amide bonds. The highest BCUT2D eigenvalue weighted by Crippen LogP contribution is 2.27. The van der Waals surface area contributed by atoms with E-state index in [9.17, 15) is 9.59 Å². The molecule has 0 aliphatic carbocycles. The highest BCUT2D eigenvalue weighted by molar-refractivity contribution is 7.98. The van der Waals surface area contributed by atoms with E-state index in [0.29, 0.717) is 16.9 Å². The Balaban J connectivity index is 0.000000231. The van der Waals surface area contributed by atoms with E-state index < -0.39 is 11.9 Å². The second-order valence-electron chi connectivity index (χ2n) is 10.9. The molecule has 4 aromatic rings. The average Bonchev–Trinajstić information content (AvgIpc) is 3.60. The summed E-state index contributed by atoms with van der Waals surface area (Å²) in [4.78, 5) is 40.6. The van der Waals surface area contributed by atoms with Crippen molar-refractivity contribution in [1.29, 1.82) is 0 Å². The summed E-state index contributed by atoms with van der Waals surface area (Å²) in [5.41, 5.74) is 8.25. The predicted octanol–water partition coefficient (Wildman–Crippen LogP) is 4.91. The van der Waals surface area contributed by atoms with Crippen molar-refractivity contribution in [3.05, 3.63) is 48.0 Å². The number of thioether (sulfide) groups is 2. The summed E-state index contributed by atoms with van der Waals surface area (Å²) in [6, 6.07) is 6.99. The van der Waals surface area contributed by atoms with Crippen LogP contribution in [0.25, 0.3) is 22.8 Å². The number of nitrogens with two attached hydrogens (primary N) is 1. The lowest BCUT2D eigenvalue weighted by Gasteiger charge is -2.22. The summed E-state index contributed by atoms with van der Waals surface area (Å²) in [5.74, 6) is -0.973. The van der Waals surface area contributed by atoms with Crippen molar-refractivity contribution >= 4 is 35.4 Å². The molecular weight excluding hydrogens is 575 g/mol. The smallest absolute Gasteiger partial charge is 0.358 e. The predicted molar refractivity (Wildman–Crippen MR) is 165 cm³/mol. The van der Waals surface area contributed by atoms with Crippen LogP contribution in [-0.4, -0.2) is 70.5 Å². The zero-order valence-electron chi connectivity index (χ0n) is 25.4. The van der Waals surface area contributed by atoms with Gasteiger partial charge in [0.15, 0.2) is 21.7 Å². The van der Waals surface area contributed by atoms with Crippen molar-refractivity contribution in [3.63, 3.8) is 0 Å². The number of esters is 1. The second-order valence-corrected chi connectivity index (χ2v) is 12.5. The first-order valence-electron chi connectivity index (χ1n) is 13.1. The molecule has 224 valence electrons. The Bertz CT molecular complexity index is 1550. The molecule has 12 nitrogen and oxygen atoms in total. The molecule has 2 N–H and O–H groups in total. The molecule has 42 heavy (non-hydrogen) atoms. The molecule has 4 heterocycles. The van der Waals surface area contributed by atoms with Gasteiger partial charge in [0.1, 0.15) is 0 Å². The SMILES string of the molecule is CCOC(=O)c1cc(-c2ccnc(SC)n2)n(C(C)(C)C)n1.CSc1nccc(-c2cc(C(N)=O)nn2C(C)(C)C)n1. The van der Waals surface area contributed by atoms with E-state index in [1.807, 2.05) is 60.1 Å². The van der Waals surface area contributed by atoms with E-state index in [-0.39, 0.29) is 22.5 Å². The Morgan fingerprint density at radius 1 is 0.810 bits per heavy atom. The van der Waals surface area contributed by atoms with E-state index in [1.165, 1.54) is 23.5 Å². The fourth-order valence-corrected chi connectivity index (χ4v) is 4.45. The molecule has 4 aromatic heterocycles. The number of nitrogens with zero attached hydrogens (tertiary/aromatic N) is 8. The van der Waals surface area contributed by atoms with Gasteiger partial charge in [0.05, 0.1) is 40.5 Å². The van der Waals surface area contributed by atoms with Crippen molar-refractivity contribution in [3.8, 4) is 22.8 Å². The van der Waals surface area contributed by atoms with Gasteiger partial charge >= 0.3 is 5.97 Å². The molecule has 0 radical (unpaired) electrons. The van der Waals surface area contributed by atoms with Gasteiger partial charge in [-0.15, -0.1) is 0 Å². The summed E-state index contributed by atoms with van der Waals surface area (Å²) in [7, 11) is 0. The van der Waals surface area contributed by atoms with Crippen molar-refractivity contribution in [2.75, 3.05) is 19.1 Å². The van der Waals surface area contributed by atoms with Crippen LogP contribution in [0.5, 0.6) is 0 Å². The van der Waals surface area contributed by atoms with E-state index in [2.05, 4.69) is 30.1 Å². The van der Waals surface area contributed by atoms with Gasteiger partial charge in [-0.1, -0.05) is 23.5 Å². The van der Waals surface area contributed by atoms with E-state index >= 15 is 0 Å². The number of rotatable bonds is 7. The number of hydrogen-bond acceptors (Lipinski definition) is 11. The van der Waals surface area contributed by atoms with Gasteiger partial charge in [-0.3, -0.25) is 14.2 Å². The molecule has 0 spiro atoms. The quantitative estimate of drug-likeness (QED) is 0.172. The number of hydrogen-bond donors (Lipinski definition) is 1. The molecule has 0 aromatic carbocycles. The molecule has 0 fully saturated rings. The summed E-state index contributed by atoms with van der Waals surface area (Å²) in [6.45, 7) is 14.2. The Morgan fingerprint density at radius 3 is 1.62 bits per heavy atom. The molecule has 0 aliphatic rings. The minimum absolute atomic E-state index is 0.235. The maximum Gasteiger partial charge on any atom is 0.358 e. The number of carbonyl (C=O) groups excluding carboxylic acids is 2. The van der Waals surface area contributed by atoms with Crippen LogP contribution >= 0.6 is 23.5 Å². The van der Waals surface area contributed by atoms with E-state index in [4.69, 9.17) is 10.5 Å². The molecule has 0 bridgehead atoms. The number of ether oxygens (including phenoxy) is 1. The van der Waals surface area contributed by atoms with Gasteiger partial charge in [0.25, 0.3) is 5.91 Å². The lowest BCUT2D eigenvalue weighted by molar-refractivity contribution is 0.0517. The molecule has 0 aliphatic heterocycles. The van der Waals surface area contributed by atoms with Gasteiger partial charge in [-0.05, 0) is 79.2 Å². The van der Waals surface area contributed by atoms with Crippen molar-refractivity contribution < 1.29 is 14.3 Å². The molecule has 4 rings (SSSR count). The molecule has 0 saturated carbocycles. The van der Waals surface area contributed by atoms with Crippen LogP contribution in [0.2, 0.25) is 0 Å². The Morgan fingerprint density at radius 2 is 1.24 bits per heavy atom. The Labute approximate surface area is 254 Å². The summed E-state index contributed by atoms with van der Waals surface area (Å²) >= 11 is 2.93. The molecule has 0 atom stereocenters.